The van der Waals surface area contributed by atoms with Gasteiger partial charge in [0.25, 0.3) is 0 Å². The highest BCUT2D eigenvalue weighted by Gasteiger charge is 2.11. The third-order valence-electron chi connectivity index (χ3n) is 3.29. The van der Waals surface area contributed by atoms with Crippen LogP contribution in [0.5, 0.6) is 11.5 Å². The molecule has 0 amide bonds. The second-order valence-electron chi connectivity index (χ2n) is 4.75. The monoisotopic (exact) mass is 413 g/mol. The van der Waals surface area contributed by atoms with Gasteiger partial charge in [-0.05, 0) is 62.5 Å². The van der Waals surface area contributed by atoms with Crippen molar-refractivity contribution in [1.82, 2.24) is 5.32 Å². The Morgan fingerprint density at radius 2 is 1.81 bits per heavy atom. The number of ether oxygens (including phenoxy) is 1. The minimum atomic E-state index is 0.160. The van der Waals surface area contributed by atoms with E-state index in [2.05, 4.69) is 50.2 Å². The van der Waals surface area contributed by atoms with Gasteiger partial charge >= 0.3 is 0 Å². The van der Waals surface area contributed by atoms with E-state index < -0.39 is 0 Å². The molecule has 2 N–H and O–H groups in total. The quantitative estimate of drug-likeness (QED) is 0.739. The van der Waals surface area contributed by atoms with Crippen molar-refractivity contribution in [1.29, 1.82) is 0 Å². The Morgan fingerprint density at radius 1 is 1.19 bits per heavy atom. The molecule has 0 saturated heterocycles. The van der Waals surface area contributed by atoms with Crippen LogP contribution in [0.3, 0.4) is 0 Å². The first-order valence-corrected chi connectivity index (χ1v) is 8.14. The number of para-hydroxylation sites is 1. The van der Waals surface area contributed by atoms with Gasteiger partial charge in [-0.2, -0.15) is 0 Å². The summed E-state index contributed by atoms with van der Waals surface area (Å²) in [7, 11) is 1.68. The lowest BCUT2D eigenvalue weighted by Crippen LogP contribution is -2.18. The van der Waals surface area contributed by atoms with Crippen LogP contribution in [0.15, 0.2) is 45.3 Å². The molecule has 0 aliphatic rings. The molecule has 0 aromatic heterocycles. The van der Waals surface area contributed by atoms with Gasteiger partial charge in [0, 0.05) is 18.2 Å². The number of methoxy groups -OCH3 is 1. The van der Waals surface area contributed by atoms with Crippen molar-refractivity contribution >= 4 is 31.9 Å². The summed E-state index contributed by atoms with van der Waals surface area (Å²) >= 11 is 6.69. The predicted octanol–water partition coefficient (Wildman–Crippen LogP) is 4.78. The van der Waals surface area contributed by atoms with Gasteiger partial charge in [0.15, 0.2) is 0 Å². The first-order chi connectivity index (χ1) is 10.0. The third-order valence-corrected chi connectivity index (χ3v) is 4.50. The average Bonchev–Trinajstić information content (AvgIpc) is 2.50. The number of halogens is 2. The lowest BCUT2D eigenvalue weighted by atomic mass is 10.1. The van der Waals surface area contributed by atoms with E-state index in [-0.39, 0.29) is 11.8 Å². The molecule has 1 atom stereocenters. The first kappa shape index (κ1) is 16.3. The van der Waals surface area contributed by atoms with Crippen LogP contribution in [-0.4, -0.2) is 12.2 Å². The van der Waals surface area contributed by atoms with Gasteiger partial charge in [0.2, 0.25) is 0 Å². The average molecular weight is 415 g/mol. The lowest BCUT2D eigenvalue weighted by Gasteiger charge is -2.17. The molecular weight excluding hydrogens is 398 g/mol. The number of hydrogen-bond donors (Lipinski definition) is 2. The predicted molar refractivity (Wildman–Crippen MR) is 91.8 cm³/mol. The van der Waals surface area contributed by atoms with E-state index in [0.717, 1.165) is 16.9 Å². The van der Waals surface area contributed by atoms with Crippen LogP contribution in [-0.2, 0) is 6.54 Å². The van der Waals surface area contributed by atoms with Crippen LogP contribution in [0.4, 0.5) is 0 Å². The van der Waals surface area contributed by atoms with Crippen molar-refractivity contribution in [3.8, 4) is 11.5 Å². The van der Waals surface area contributed by atoms with Crippen LogP contribution in [0.2, 0.25) is 0 Å². The first-order valence-electron chi connectivity index (χ1n) is 6.56. The Morgan fingerprint density at radius 3 is 2.43 bits per heavy atom. The molecule has 5 heteroatoms. The zero-order valence-electron chi connectivity index (χ0n) is 11.9. The van der Waals surface area contributed by atoms with Gasteiger partial charge in [-0.3, -0.25) is 0 Å². The molecule has 2 aromatic rings. The molecule has 0 radical (unpaired) electrons. The molecule has 0 bridgehead atoms. The van der Waals surface area contributed by atoms with Crippen molar-refractivity contribution in [2.75, 3.05) is 7.11 Å². The van der Waals surface area contributed by atoms with Gasteiger partial charge in [-0.1, -0.05) is 18.2 Å². The SMILES string of the molecule is COc1ccccc1C(C)NCc1cc(Br)c(O)c(Br)c1. The van der Waals surface area contributed by atoms with E-state index in [9.17, 15) is 5.11 Å². The van der Waals surface area contributed by atoms with Crippen LogP contribution in [0, 0.1) is 0 Å². The van der Waals surface area contributed by atoms with E-state index in [1.807, 2.05) is 30.3 Å². The molecule has 3 nitrogen and oxygen atoms in total. The zero-order chi connectivity index (χ0) is 15.4. The largest absolute Gasteiger partial charge is 0.506 e. The molecule has 2 aromatic carbocycles. The van der Waals surface area contributed by atoms with E-state index in [4.69, 9.17) is 4.74 Å². The summed E-state index contributed by atoms with van der Waals surface area (Å²) in [4.78, 5) is 0. The Balaban J connectivity index is 2.09. The number of rotatable bonds is 5. The lowest BCUT2D eigenvalue weighted by molar-refractivity contribution is 0.401. The van der Waals surface area contributed by atoms with Crippen LogP contribution >= 0.6 is 31.9 Å². The van der Waals surface area contributed by atoms with Gasteiger partial charge in [0.05, 0.1) is 16.1 Å². The molecule has 0 fully saturated rings. The van der Waals surface area contributed by atoms with Gasteiger partial charge in [-0.25, -0.2) is 0 Å². The third kappa shape index (κ3) is 3.99. The molecule has 0 spiro atoms. The van der Waals surface area contributed by atoms with Crippen molar-refractivity contribution in [2.24, 2.45) is 0 Å². The summed E-state index contributed by atoms with van der Waals surface area (Å²) in [5.74, 6) is 1.10. The standard InChI is InChI=1S/C16H17Br2NO2/c1-10(12-5-3-4-6-15(12)21-2)19-9-11-7-13(17)16(20)14(18)8-11/h3-8,10,19-20H,9H2,1-2H3. The number of phenols is 1. The molecule has 1 unspecified atom stereocenters. The Hall–Kier alpha value is -1.04. The number of aromatic hydroxyl groups is 1. The topological polar surface area (TPSA) is 41.5 Å². The van der Waals surface area contributed by atoms with E-state index in [0.29, 0.717) is 15.5 Å². The van der Waals surface area contributed by atoms with Crippen LogP contribution in [0.1, 0.15) is 24.1 Å². The molecular formula is C16H17Br2NO2. The maximum Gasteiger partial charge on any atom is 0.143 e. The second-order valence-corrected chi connectivity index (χ2v) is 6.46. The molecule has 112 valence electrons. The van der Waals surface area contributed by atoms with E-state index in [1.165, 1.54) is 0 Å². The fourth-order valence-electron chi connectivity index (χ4n) is 2.13. The zero-order valence-corrected chi connectivity index (χ0v) is 15.0. The summed E-state index contributed by atoms with van der Waals surface area (Å²) in [6.07, 6.45) is 0. The number of hydrogen-bond acceptors (Lipinski definition) is 3. The molecule has 0 heterocycles. The van der Waals surface area contributed by atoms with Crippen molar-refractivity contribution in [3.05, 3.63) is 56.5 Å². The van der Waals surface area contributed by atoms with Crippen molar-refractivity contribution in [3.63, 3.8) is 0 Å². The molecule has 0 aliphatic carbocycles. The molecule has 0 saturated carbocycles. The smallest absolute Gasteiger partial charge is 0.143 e. The molecule has 21 heavy (non-hydrogen) atoms. The van der Waals surface area contributed by atoms with Gasteiger partial charge < -0.3 is 15.2 Å². The number of phenolic OH excluding ortho intramolecular Hbond substituents is 1. The van der Waals surface area contributed by atoms with Gasteiger partial charge in [0.1, 0.15) is 11.5 Å². The maximum absolute atomic E-state index is 9.72. The fraction of sp³-hybridized carbons (Fsp3) is 0.250. The van der Waals surface area contributed by atoms with E-state index >= 15 is 0 Å². The molecule has 2 rings (SSSR count). The second kappa shape index (κ2) is 7.29. The fourth-order valence-corrected chi connectivity index (χ4v) is 3.41. The number of nitrogens with one attached hydrogen (secondary N) is 1. The molecule has 0 aliphatic heterocycles. The maximum atomic E-state index is 9.72. The summed E-state index contributed by atoms with van der Waals surface area (Å²) < 4.78 is 6.74. The number of benzene rings is 2. The normalized spacial score (nSPS) is 12.2. The van der Waals surface area contributed by atoms with E-state index in [1.54, 1.807) is 7.11 Å². The summed E-state index contributed by atoms with van der Waals surface area (Å²) in [6, 6.07) is 11.9. The summed E-state index contributed by atoms with van der Waals surface area (Å²) in [5, 5.41) is 13.2. The minimum absolute atomic E-state index is 0.160. The van der Waals surface area contributed by atoms with Crippen LogP contribution < -0.4 is 10.1 Å². The highest BCUT2D eigenvalue weighted by molar-refractivity contribution is 9.11. The Kier molecular flexibility index (Phi) is 5.67. The van der Waals surface area contributed by atoms with Crippen molar-refractivity contribution < 1.29 is 9.84 Å². The highest BCUT2D eigenvalue weighted by Crippen LogP contribution is 2.33. The minimum Gasteiger partial charge on any atom is -0.506 e. The summed E-state index contributed by atoms with van der Waals surface area (Å²) in [6.45, 7) is 2.79. The Labute approximate surface area is 141 Å². The highest BCUT2D eigenvalue weighted by atomic mass is 79.9. The van der Waals surface area contributed by atoms with Crippen molar-refractivity contribution in [2.45, 2.75) is 19.5 Å². The van der Waals surface area contributed by atoms with Crippen LogP contribution in [0.25, 0.3) is 0 Å². The van der Waals surface area contributed by atoms with Gasteiger partial charge in [-0.15, -0.1) is 0 Å². The summed E-state index contributed by atoms with van der Waals surface area (Å²) in [5.41, 5.74) is 2.20. The Bertz CT molecular complexity index is 608.